The van der Waals surface area contributed by atoms with Crippen LogP contribution in [0.15, 0.2) is 48.7 Å². The van der Waals surface area contributed by atoms with Crippen LogP contribution >= 0.6 is 0 Å². The van der Waals surface area contributed by atoms with Crippen LogP contribution in [0.4, 0.5) is 0 Å². The van der Waals surface area contributed by atoms with Crippen molar-refractivity contribution < 1.29 is 4.74 Å². The maximum Gasteiger partial charge on any atom is 0.111 e. The standard InChI is InChI=1S/C19H26N2O/c1-2-7-18(8-3-1)9-6-11-20-12-14-21(15-13-20)17-19-10-4-5-16-22-19/h1-3,5-9,16,19H,4,10-15,17H2/b9-6+. The van der Waals surface area contributed by atoms with E-state index in [1.807, 2.05) is 6.26 Å². The smallest absolute Gasteiger partial charge is 0.111 e. The van der Waals surface area contributed by atoms with Crippen LogP contribution in [0.1, 0.15) is 18.4 Å². The van der Waals surface area contributed by atoms with E-state index in [1.54, 1.807) is 0 Å². The molecule has 22 heavy (non-hydrogen) atoms. The van der Waals surface area contributed by atoms with Crippen LogP contribution in [-0.2, 0) is 4.74 Å². The van der Waals surface area contributed by atoms with Crippen molar-refractivity contribution in [3.8, 4) is 0 Å². The summed E-state index contributed by atoms with van der Waals surface area (Å²) in [5.74, 6) is 0. The van der Waals surface area contributed by atoms with E-state index in [-0.39, 0.29) is 0 Å². The number of allylic oxidation sites excluding steroid dienone is 1. The lowest BCUT2D eigenvalue weighted by atomic mass is 10.1. The molecule has 3 rings (SSSR count). The van der Waals surface area contributed by atoms with Gasteiger partial charge in [-0.2, -0.15) is 0 Å². The van der Waals surface area contributed by atoms with Gasteiger partial charge >= 0.3 is 0 Å². The number of nitrogens with zero attached hydrogens (tertiary/aromatic N) is 2. The van der Waals surface area contributed by atoms with Crippen molar-refractivity contribution in [3.63, 3.8) is 0 Å². The third-order valence-corrected chi connectivity index (χ3v) is 4.42. The summed E-state index contributed by atoms with van der Waals surface area (Å²) >= 11 is 0. The first-order chi connectivity index (χ1) is 10.9. The van der Waals surface area contributed by atoms with Crippen LogP contribution in [0.5, 0.6) is 0 Å². The molecule has 1 unspecified atom stereocenters. The highest BCUT2D eigenvalue weighted by Crippen LogP contribution is 2.13. The number of hydrogen-bond acceptors (Lipinski definition) is 3. The second kappa shape index (κ2) is 8.16. The summed E-state index contributed by atoms with van der Waals surface area (Å²) in [7, 11) is 0. The first-order valence-electron chi connectivity index (χ1n) is 8.37. The number of rotatable bonds is 5. The highest BCUT2D eigenvalue weighted by Gasteiger charge is 2.20. The summed E-state index contributed by atoms with van der Waals surface area (Å²) in [6.07, 6.45) is 11.2. The molecule has 1 atom stereocenters. The molecule has 0 bridgehead atoms. The van der Waals surface area contributed by atoms with Gasteiger partial charge in [-0.1, -0.05) is 42.5 Å². The van der Waals surface area contributed by atoms with Gasteiger partial charge in [0.05, 0.1) is 6.26 Å². The summed E-state index contributed by atoms with van der Waals surface area (Å²) < 4.78 is 5.67. The number of ether oxygens (including phenoxy) is 1. The molecule has 3 heteroatoms. The lowest BCUT2D eigenvalue weighted by Crippen LogP contribution is -2.48. The second-order valence-corrected chi connectivity index (χ2v) is 6.12. The topological polar surface area (TPSA) is 15.7 Å². The Bertz CT molecular complexity index is 489. The van der Waals surface area contributed by atoms with Gasteiger partial charge in [0, 0.05) is 39.3 Å². The first kappa shape index (κ1) is 15.3. The Kier molecular flexibility index (Phi) is 5.68. The fraction of sp³-hybridized carbons (Fsp3) is 0.474. The summed E-state index contributed by atoms with van der Waals surface area (Å²) in [6, 6.07) is 10.5. The Morgan fingerprint density at radius 2 is 1.82 bits per heavy atom. The van der Waals surface area contributed by atoms with E-state index in [0.29, 0.717) is 6.10 Å². The van der Waals surface area contributed by atoms with Crippen molar-refractivity contribution in [2.45, 2.75) is 18.9 Å². The Labute approximate surface area is 133 Å². The molecule has 0 aromatic heterocycles. The summed E-state index contributed by atoms with van der Waals surface area (Å²) in [6.45, 7) is 6.75. The predicted molar refractivity (Wildman–Crippen MR) is 91.6 cm³/mol. The summed E-state index contributed by atoms with van der Waals surface area (Å²) in [5.41, 5.74) is 1.28. The lowest BCUT2D eigenvalue weighted by molar-refractivity contribution is 0.0554. The SMILES string of the molecule is C1=COC(CN2CCN(C/C=C/c3ccccc3)CC2)CC1. The molecule has 1 saturated heterocycles. The third kappa shape index (κ3) is 4.72. The Morgan fingerprint density at radius 1 is 1.05 bits per heavy atom. The zero-order valence-corrected chi connectivity index (χ0v) is 13.2. The number of benzene rings is 1. The van der Waals surface area contributed by atoms with E-state index in [0.717, 1.165) is 52.1 Å². The maximum atomic E-state index is 5.67. The number of hydrogen-bond donors (Lipinski definition) is 0. The average molecular weight is 298 g/mol. The van der Waals surface area contributed by atoms with E-state index in [2.05, 4.69) is 58.4 Å². The largest absolute Gasteiger partial charge is 0.497 e. The van der Waals surface area contributed by atoms with Gasteiger partial charge in [0.2, 0.25) is 0 Å². The van der Waals surface area contributed by atoms with E-state index < -0.39 is 0 Å². The van der Waals surface area contributed by atoms with E-state index in [1.165, 1.54) is 5.56 Å². The molecule has 2 heterocycles. The summed E-state index contributed by atoms with van der Waals surface area (Å²) in [5, 5.41) is 0. The van der Waals surface area contributed by atoms with Crippen LogP contribution in [0.2, 0.25) is 0 Å². The molecule has 0 spiro atoms. The lowest BCUT2D eigenvalue weighted by Gasteiger charge is -2.36. The predicted octanol–water partition coefficient (Wildman–Crippen LogP) is 3.01. The maximum absolute atomic E-state index is 5.67. The molecular formula is C19H26N2O. The fourth-order valence-electron chi connectivity index (χ4n) is 3.06. The minimum Gasteiger partial charge on any atom is -0.497 e. The zero-order valence-electron chi connectivity index (χ0n) is 13.2. The molecule has 2 aliphatic rings. The molecule has 0 amide bonds. The molecule has 1 aromatic carbocycles. The summed E-state index contributed by atoms with van der Waals surface area (Å²) in [4.78, 5) is 5.07. The van der Waals surface area contributed by atoms with Gasteiger partial charge < -0.3 is 4.74 Å². The van der Waals surface area contributed by atoms with Gasteiger partial charge in [0.1, 0.15) is 6.10 Å². The minimum absolute atomic E-state index is 0.398. The Morgan fingerprint density at radius 3 is 2.55 bits per heavy atom. The van der Waals surface area contributed by atoms with Crippen molar-refractivity contribution in [1.82, 2.24) is 9.80 Å². The molecular weight excluding hydrogens is 272 g/mol. The molecule has 3 nitrogen and oxygen atoms in total. The normalized spacial score (nSPS) is 23.7. The number of piperazine rings is 1. The molecule has 1 aromatic rings. The van der Waals surface area contributed by atoms with Crippen LogP contribution < -0.4 is 0 Å². The average Bonchev–Trinajstić information content (AvgIpc) is 2.58. The van der Waals surface area contributed by atoms with Crippen molar-refractivity contribution in [3.05, 3.63) is 54.3 Å². The quantitative estimate of drug-likeness (QED) is 0.831. The van der Waals surface area contributed by atoms with Crippen LogP contribution in [-0.4, -0.2) is 55.2 Å². The first-order valence-corrected chi connectivity index (χ1v) is 8.37. The molecule has 2 aliphatic heterocycles. The minimum atomic E-state index is 0.398. The van der Waals surface area contributed by atoms with Crippen molar-refractivity contribution in [2.24, 2.45) is 0 Å². The molecule has 118 valence electrons. The third-order valence-electron chi connectivity index (χ3n) is 4.42. The van der Waals surface area contributed by atoms with Crippen LogP contribution in [0.3, 0.4) is 0 Å². The van der Waals surface area contributed by atoms with Gasteiger partial charge in [0.15, 0.2) is 0 Å². The van der Waals surface area contributed by atoms with Gasteiger partial charge in [-0.05, 0) is 24.5 Å². The van der Waals surface area contributed by atoms with Crippen LogP contribution in [0, 0.1) is 0 Å². The molecule has 0 N–H and O–H groups in total. The molecule has 0 saturated carbocycles. The Balaban J connectivity index is 1.36. The highest BCUT2D eigenvalue weighted by atomic mass is 16.5. The van der Waals surface area contributed by atoms with Crippen molar-refractivity contribution >= 4 is 6.08 Å². The zero-order chi connectivity index (χ0) is 15.0. The van der Waals surface area contributed by atoms with E-state index in [9.17, 15) is 0 Å². The van der Waals surface area contributed by atoms with E-state index in [4.69, 9.17) is 4.74 Å². The van der Waals surface area contributed by atoms with Gasteiger partial charge in [-0.25, -0.2) is 0 Å². The fourth-order valence-corrected chi connectivity index (χ4v) is 3.06. The van der Waals surface area contributed by atoms with Gasteiger partial charge in [0.25, 0.3) is 0 Å². The Hall–Kier alpha value is -1.58. The molecule has 1 fully saturated rings. The molecule has 0 aliphatic carbocycles. The second-order valence-electron chi connectivity index (χ2n) is 6.12. The van der Waals surface area contributed by atoms with Crippen molar-refractivity contribution in [1.29, 1.82) is 0 Å². The van der Waals surface area contributed by atoms with Crippen molar-refractivity contribution in [2.75, 3.05) is 39.3 Å². The van der Waals surface area contributed by atoms with Crippen LogP contribution in [0.25, 0.3) is 6.08 Å². The molecule has 0 radical (unpaired) electrons. The monoisotopic (exact) mass is 298 g/mol. The van der Waals surface area contributed by atoms with Gasteiger partial charge in [-0.3, -0.25) is 9.80 Å². The van der Waals surface area contributed by atoms with Gasteiger partial charge in [-0.15, -0.1) is 0 Å². The van der Waals surface area contributed by atoms with E-state index >= 15 is 0 Å². The highest BCUT2D eigenvalue weighted by molar-refractivity contribution is 5.48.